The van der Waals surface area contributed by atoms with Crippen LogP contribution in [0.25, 0.3) is 0 Å². The van der Waals surface area contributed by atoms with Crippen molar-refractivity contribution in [1.82, 2.24) is 9.55 Å². The zero-order valence-corrected chi connectivity index (χ0v) is 9.17. The van der Waals surface area contributed by atoms with Crippen molar-refractivity contribution in [3.8, 4) is 0 Å². The molecule has 0 aliphatic heterocycles. The lowest BCUT2D eigenvalue weighted by atomic mass is 10.1. The first kappa shape index (κ1) is 9.84. The van der Waals surface area contributed by atoms with E-state index in [0.29, 0.717) is 11.3 Å². The van der Waals surface area contributed by atoms with E-state index < -0.39 is 0 Å². The Morgan fingerprint density at radius 2 is 2.50 bits per heavy atom. The molecule has 2 unspecified atom stereocenters. The maximum atomic E-state index is 6.05. The van der Waals surface area contributed by atoms with Crippen LogP contribution in [0.5, 0.6) is 0 Å². The third-order valence-corrected chi connectivity index (χ3v) is 3.24. The largest absolute Gasteiger partial charge is 0.355 e. The highest BCUT2D eigenvalue weighted by Crippen LogP contribution is 2.29. The zero-order chi connectivity index (χ0) is 9.97. The third kappa shape index (κ3) is 2.21. The fourth-order valence-electron chi connectivity index (χ4n) is 1.97. The van der Waals surface area contributed by atoms with Crippen LogP contribution in [0.2, 0.25) is 0 Å². The summed E-state index contributed by atoms with van der Waals surface area (Å²) in [5, 5.41) is 3.74. The molecule has 1 aliphatic carbocycles. The van der Waals surface area contributed by atoms with Crippen LogP contribution in [0.1, 0.15) is 19.3 Å². The number of alkyl halides is 1. The number of hydrogen-bond acceptors (Lipinski definition) is 2. The number of halogens is 1. The molecule has 0 radical (unpaired) electrons. The summed E-state index contributed by atoms with van der Waals surface area (Å²) in [6.45, 7) is 0.994. The lowest BCUT2D eigenvalue weighted by Crippen LogP contribution is -2.14. The Labute approximate surface area is 89.5 Å². The van der Waals surface area contributed by atoms with Crippen molar-refractivity contribution in [2.45, 2.75) is 24.6 Å². The molecule has 2 atom stereocenters. The standard InChI is InChI=1S/C10H16ClN3/c1-14-5-4-12-10(14)13-7-8-2-3-9(11)6-8/h4-5,8-9H,2-3,6-7H2,1H3,(H,12,13). The Hall–Kier alpha value is -0.700. The van der Waals surface area contributed by atoms with Crippen molar-refractivity contribution in [1.29, 1.82) is 0 Å². The average Bonchev–Trinajstić information content (AvgIpc) is 2.72. The van der Waals surface area contributed by atoms with E-state index in [1.54, 1.807) is 6.20 Å². The smallest absolute Gasteiger partial charge is 0.202 e. The van der Waals surface area contributed by atoms with Crippen molar-refractivity contribution in [3.63, 3.8) is 0 Å². The summed E-state index contributed by atoms with van der Waals surface area (Å²) in [5.41, 5.74) is 0. The summed E-state index contributed by atoms with van der Waals surface area (Å²) in [6, 6.07) is 0. The minimum absolute atomic E-state index is 0.392. The zero-order valence-electron chi connectivity index (χ0n) is 8.41. The first-order valence-corrected chi connectivity index (χ1v) is 5.54. The molecule has 1 fully saturated rings. The molecule has 14 heavy (non-hydrogen) atoms. The Balaban J connectivity index is 1.80. The molecular formula is C10H16ClN3. The molecule has 0 spiro atoms. The first-order chi connectivity index (χ1) is 6.75. The van der Waals surface area contributed by atoms with E-state index in [1.807, 2.05) is 17.8 Å². The highest BCUT2D eigenvalue weighted by molar-refractivity contribution is 6.20. The quantitative estimate of drug-likeness (QED) is 0.781. The maximum Gasteiger partial charge on any atom is 0.202 e. The Morgan fingerprint density at radius 1 is 1.64 bits per heavy atom. The summed E-state index contributed by atoms with van der Waals surface area (Å²) in [4.78, 5) is 4.21. The molecule has 4 heteroatoms. The molecule has 1 heterocycles. The molecule has 1 aliphatic rings. The van der Waals surface area contributed by atoms with Crippen LogP contribution in [-0.2, 0) is 7.05 Å². The predicted molar refractivity (Wildman–Crippen MR) is 58.7 cm³/mol. The van der Waals surface area contributed by atoms with Crippen molar-refractivity contribution in [2.24, 2.45) is 13.0 Å². The molecule has 0 bridgehead atoms. The van der Waals surface area contributed by atoms with Gasteiger partial charge < -0.3 is 9.88 Å². The van der Waals surface area contributed by atoms with E-state index in [9.17, 15) is 0 Å². The van der Waals surface area contributed by atoms with Gasteiger partial charge in [-0.05, 0) is 25.2 Å². The number of aromatic nitrogens is 2. The van der Waals surface area contributed by atoms with Gasteiger partial charge in [-0.25, -0.2) is 4.98 Å². The van der Waals surface area contributed by atoms with Gasteiger partial charge in [0.05, 0.1) is 0 Å². The molecule has 1 N–H and O–H groups in total. The topological polar surface area (TPSA) is 29.9 Å². The number of anilines is 1. The SMILES string of the molecule is Cn1ccnc1NCC1CCC(Cl)C1. The molecule has 1 saturated carbocycles. The van der Waals surface area contributed by atoms with Crippen LogP contribution in [0, 0.1) is 5.92 Å². The maximum absolute atomic E-state index is 6.05. The van der Waals surface area contributed by atoms with Gasteiger partial charge >= 0.3 is 0 Å². The average molecular weight is 214 g/mol. The van der Waals surface area contributed by atoms with E-state index in [0.717, 1.165) is 25.3 Å². The molecule has 0 amide bonds. The van der Waals surface area contributed by atoms with E-state index in [-0.39, 0.29) is 0 Å². The van der Waals surface area contributed by atoms with Gasteiger partial charge in [-0.1, -0.05) is 0 Å². The van der Waals surface area contributed by atoms with Crippen LogP contribution in [-0.4, -0.2) is 21.5 Å². The van der Waals surface area contributed by atoms with Gasteiger partial charge in [0.2, 0.25) is 5.95 Å². The molecule has 3 nitrogen and oxygen atoms in total. The fourth-order valence-corrected chi connectivity index (χ4v) is 2.35. The molecule has 78 valence electrons. The van der Waals surface area contributed by atoms with E-state index in [4.69, 9.17) is 11.6 Å². The third-order valence-electron chi connectivity index (χ3n) is 2.85. The van der Waals surface area contributed by atoms with Crippen LogP contribution in [0.3, 0.4) is 0 Å². The van der Waals surface area contributed by atoms with Gasteiger partial charge in [0.15, 0.2) is 0 Å². The summed E-state index contributed by atoms with van der Waals surface area (Å²) >= 11 is 6.05. The molecule has 1 aromatic rings. The first-order valence-electron chi connectivity index (χ1n) is 5.11. The van der Waals surface area contributed by atoms with Gasteiger partial charge in [-0.2, -0.15) is 0 Å². The number of rotatable bonds is 3. The lowest BCUT2D eigenvalue weighted by molar-refractivity contribution is 0.577. The number of hydrogen-bond donors (Lipinski definition) is 1. The summed E-state index contributed by atoms with van der Waals surface area (Å²) in [7, 11) is 1.99. The predicted octanol–water partition coefficient (Wildman–Crippen LogP) is 2.24. The van der Waals surface area contributed by atoms with Gasteiger partial charge in [0.25, 0.3) is 0 Å². The molecule has 1 aromatic heterocycles. The van der Waals surface area contributed by atoms with Crippen LogP contribution >= 0.6 is 11.6 Å². The Kier molecular flexibility index (Phi) is 2.96. The second-order valence-corrected chi connectivity index (χ2v) is 4.64. The molecule has 2 rings (SSSR count). The lowest BCUT2D eigenvalue weighted by Gasteiger charge is -2.11. The molecule has 0 saturated heterocycles. The minimum Gasteiger partial charge on any atom is -0.355 e. The minimum atomic E-state index is 0.392. The number of aryl methyl sites for hydroxylation is 1. The summed E-state index contributed by atoms with van der Waals surface area (Å²) in [6.07, 6.45) is 7.29. The molecule has 0 aromatic carbocycles. The van der Waals surface area contributed by atoms with Gasteiger partial charge in [0, 0.05) is 31.4 Å². The van der Waals surface area contributed by atoms with E-state index >= 15 is 0 Å². The number of nitrogens with one attached hydrogen (secondary N) is 1. The van der Waals surface area contributed by atoms with Crippen molar-refractivity contribution in [3.05, 3.63) is 12.4 Å². The van der Waals surface area contributed by atoms with Gasteiger partial charge in [-0.15, -0.1) is 11.6 Å². The normalized spacial score (nSPS) is 26.7. The van der Waals surface area contributed by atoms with Crippen molar-refractivity contribution < 1.29 is 0 Å². The highest BCUT2D eigenvalue weighted by Gasteiger charge is 2.22. The van der Waals surface area contributed by atoms with E-state index in [1.165, 1.54) is 6.42 Å². The monoisotopic (exact) mass is 213 g/mol. The second kappa shape index (κ2) is 4.22. The van der Waals surface area contributed by atoms with Crippen LogP contribution in [0.4, 0.5) is 5.95 Å². The summed E-state index contributed by atoms with van der Waals surface area (Å²) in [5.74, 6) is 1.66. The van der Waals surface area contributed by atoms with Crippen LogP contribution < -0.4 is 5.32 Å². The second-order valence-electron chi connectivity index (χ2n) is 4.02. The van der Waals surface area contributed by atoms with Gasteiger partial charge in [-0.3, -0.25) is 0 Å². The van der Waals surface area contributed by atoms with Crippen molar-refractivity contribution >= 4 is 17.5 Å². The number of imidazole rings is 1. The summed E-state index contributed by atoms with van der Waals surface area (Å²) < 4.78 is 1.99. The van der Waals surface area contributed by atoms with Gasteiger partial charge in [0.1, 0.15) is 0 Å². The van der Waals surface area contributed by atoms with Crippen LogP contribution in [0.15, 0.2) is 12.4 Å². The highest BCUT2D eigenvalue weighted by atomic mass is 35.5. The molecular weight excluding hydrogens is 198 g/mol. The van der Waals surface area contributed by atoms with Crippen molar-refractivity contribution in [2.75, 3.05) is 11.9 Å². The number of nitrogens with zero attached hydrogens (tertiary/aromatic N) is 2. The van der Waals surface area contributed by atoms with E-state index in [2.05, 4.69) is 10.3 Å². The Morgan fingerprint density at radius 3 is 3.07 bits per heavy atom. The Bertz CT molecular complexity index is 297. The fraction of sp³-hybridized carbons (Fsp3) is 0.700.